The summed E-state index contributed by atoms with van der Waals surface area (Å²) in [6, 6.07) is 9.12. The molecule has 1 aromatic carbocycles. The van der Waals surface area contributed by atoms with Crippen molar-refractivity contribution in [2.24, 2.45) is 10.7 Å². The largest absolute Gasteiger partial charge is 0.370 e. The van der Waals surface area contributed by atoms with Crippen LogP contribution in [-0.2, 0) is 0 Å². The number of hydrogen-bond acceptors (Lipinski definition) is 2. The maximum Gasteiger partial charge on any atom is 0.251 e. The number of guanidine groups is 1. The minimum Gasteiger partial charge on any atom is -0.370 e. The molecule has 0 saturated heterocycles. The molecule has 0 fully saturated rings. The number of nitrogens with zero attached hydrogens (tertiary/aromatic N) is 2. The highest BCUT2D eigenvalue weighted by atomic mass is 16.1. The van der Waals surface area contributed by atoms with Crippen LogP contribution in [0.3, 0.4) is 0 Å². The van der Waals surface area contributed by atoms with Crippen LogP contribution in [0, 0.1) is 0 Å². The predicted molar refractivity (Wildman–Crippen MR) is 78.2 cm³/mol. The van der Waals surface area contributed by atoms with E-state index in [4.69, 9.17) is 5.73 Å². The first-order valence-corrected chi connectivity index (χ1v) is 6.57. The van der Waals surface area contributed by atoms with Crippen molar-refractivity contribution >= 4 is 11.9 Å². The number of nitrogens with one attached hydrogen (secondary N) is 1. The molecule has 0 aliphatic rings. The maximum atomic E-state index is 11.7. The lowest BCUT2D eigenvalue weighted by atomic mass is 10.2. The molecule has 0 heterocycles. The minimum atomic E-state index is -0.0859. The molecule has 1 rings (SSSR count). The number of amides is 1. The third-order valence-corrected chi connectivity index (χ3v) is 2.79. The molecule has 0 bridgehead atoms. The molecule has 1 amide bonds. The fourth-order valence-corrected chi connectivity index (χ4v) is 1.68. The summed E-state index contributed by atoms with van der Waals surface area (Å²) in [6.45, 7) is 6.70. The van der Waals surface area contributed by atoms with Crippen molar-refractivity contribution in [1.29, 1.82) is 0 Å². The highest BCUT2D eigenvalue weighted by Crippen LogP contribution is 1.97. The third kappa shape index (κ3) is 4.99. The van der Waals surface area contributed by atoms with Crippen molar-refractivity contribution in [3.05, 3.63) is 35.9 Å². The molecule has 0 atom stereocenters. The van der Waals surface area contributed by atoms with Gasteiger partial charge in [-0.3, -0.25) is 9.79 Å². The first-order chi connectivity index (χ1) is 9.19. The number of carbonyl (C=O) groups is 1. The molecule has 0 spiro atoms. The Morgan fingerprint density at radius 1 is 1.26 bits per heavy atom. The molecule has 0 unspecified atom stereocenters. The lowest BCUT2D eigenvalue weighted by molar-refractivity contribution is 0.0955. The number of rotatable bonds is 6. The standard InChI is InChI=1S/C14H22N4O/c1-3-18(4-2)14(15)17-11-10-16-13(19)12-8-6-5-7-9-12/h5-9H,3-4,10-11H2,1-2H3,(H2,15,17)(H,16,19). The molecule has 0 radical (unpaired) electrons. The van der Waals surface area contributed by atoms with Crippen molar-refractivity contribution in [3.8, 4) is 0 Å². The average molecular weight is 262 g/mol. The summed E-state index contributed by atoms with van der Waals surface area (Å²) in [4.78, 5) is 17.9. The summed E-state index contributed by atoms with van der Waals surface area (Å²) in [5, 5.41) is 2.81. The SMILES string of the molecule is CCN(CC)C(N)=NCCNC(=O)c1ccccc1. The van der Waals surface area contributed by atoms with Crippen LogP contribution in [0.15, 0.2) is 35.3 Å². The quantitative estimate of drug-likeness (QED) is 0.458. The number of nitrogens with two attached hydrogens (primary N) is 1. The average Bonchev–Trinajstić information content (AvgIpc) is 2.45. The Balaban J connectivity index is 2.35. The van der Waals surface area contributed by atoms with Crippen LogP contribution in [-0.4, -0.2) is 42.9 Å². The van der Waals surface area contributed by atoms with Gasteiger partial charge in [-0.15, -0.1) is 0 Å². The van der Waals surface area contributed by atoms with Crippen molar-refractivity contribution in [2.75, 3.05) is 26.2 Å². The van der Waals surface area contributed by atoms with Crippen molar-refractivity contribution in [2.45, 2.75) is 13.8 Å². The topological polar surface area (TPSA) is 70.7 Å². The Morgan fingerprint density at radius 3 is 2.47 bits per heavy atom. The molecule has 0 aliphatic carbocycles. The fraction of sp³-hybridized carbons (Fsp3) is 0.429. The van der Waals surface area contributed by atoms with Crippen molar-refractivity contribution < 1.29 is 4.79 Å². The van der Waals surface area contributed by atoms with Gasteiger partial charge in [0.25, 0.3) is 5.91 Å². The summed E-state index contributed by atoms with van der Waals surface area (Å²) in [7, 11) is 0. The first-order valence-electron chi connectivity index (χ1n) is 6.57. The van der Waals surface area contributed by atoms with E-state index in [0.29, 0.717) is 24.6 Å². The fourth-order valence-electron chi connectivity index (χ4n) is 1.68. The third-order valence-electron chi connectivity index (χ3n) is 2.79. The van der Waals surface area contributed by atoms with Gasteiger partial charge < -0.3 is 16.0 Å². The van der Waals surface area contributed by atoms with Crippen molar-refractivity contribution in [3.63, 3.8) is 0 Å². The van der Waals surface area contributed by atoms with E-state index in [9.17, 15) is 4.79 Å². The van der Waals surface area contributed by atoms with Gasteiger partial charge in [0.1, 0.15) is 0 Å². The number of benzene rings is 1. The Labute approximate surface area is 114 Å². The van der Waals surface area contributed by atoms with E-state index < -0.39 is 0 Å². The summed E-state index contributed by atoms with van der Waals surface area (Å²) in [6.07, 6.45) is 0. The van der Waals surface area contributed by atoms with E-state index in [1.54, 1.807) is 12.1 Å². The van der Waals surface area contributed by atoms with Crippen LogP contribution in [0.5, 0.6) is 0 Å². The Morgan fingerprint density at radius 2 is 1.89 bits per heavy atom. The van der Waals surface area contributed by atoms with Crippen molar-refractivity contribution in [1.82, 2.24) is 10.2 Å². The summed E-state index contributed by atoms with van der Waals surface area (Å²) in [5.74, 6) is 0.441. The van der Waals surface area contributed by atoms with Crippen LogP contribution in [0.25, 0.3) is 0 Å². The molecule has 3 N–H and O–H groups in total. The van der Waals surface area contributed by atoms with Crippen LogP contribution in [0.4, 0.5) is 0 Å². The molecule has 104 valence electrons. The molecule has 1 aromatic rings. The molecule has 5 heteroatoms. The van der Waals surface area contributed by atoms with Crippen LogP contribution in [0.1, 0.15) is 24.2 Å². The lowest BCUT2D eigenvalue weighted by Crippen LogP contribution is -2.37. The monoisotopic (exact) mass is 262 g/mol. The van der Waals surface area contributed by atoms with E-state index in [0.717, 1.165) is 13.1 Å². The van der Waals surface area contributed by atoms with Gasteiger partial charge in [0.15, 0.2) is 5.96 Å². The van der Waals surface area contributed by atoms with E-state index in [1.165, 1.54) is 0 Å². The van der Waals surface area contributed by atoms with Crippen LogP contribution in [0.2, 0.25) is 0 Å². The second-order valence-electron chi connectivity index (χ2n) is 4.03. The smallest absolute Gasteiger partial charge is 0.251 e. The molecule has 5 nitrogen and oxygen atoms in total. The van der Waals surface area contributed by atoms with E-state index >= 15 is 0 Å². The highest BCUT2D eigenvalue weighted by molar-refractivity contribution is 5.94. The molecular formula is C14H22N4O. The van der Waals surface area contributed by atoms with Gasteiger partial charge in [0, 0.05) is 25.2 Å². The molecule has 0 aromatic heterocycles. The van der Waals surface area contributed by atoms with E-state index in [-0.39, 0.29) is 5.91 Å². The summed E-state index contributed by atoms with van der Waals surface area (Å²) in [5.41, 5.74) is 6.49. The molecule has 0 aliphatic heterocycles. The van der Waals surface area contributed by atoms with Gasteiger partial charge in [0.05, 0.1) is 6.54 Å². The van der Waals surface area contributed by atoms with Crippen LogP contribution < -0.4 is 11.1 Å². The van der Waals surface area contributed by atoms with E-state index in [2.05, 4.69) is 10.3 Å². The molecule has 19 heavy (non-hydrogen) atoms. The Bertz CT molecular complexity index is 413. The zero-order valence-corrected chi connectivity index (χ0v) is 11.6. The second-order valence-corrected chi connectivity index (χ2v) is 4.03. The number of carbonyl (C=O) groups excluding carboxylic acids is 1. The van der Waals surface area contributed by atoms with E-state index in [1.807, 2.05) is 36.9 Å². The van der Waals surface area contributed by atoms with Gasteiger partial charge in [-0.25, -0.2) is 0 Å². The minimum absolute atomic E-state index is 0.0859. The van der Waals surface area contributed by atoms with Gasteiger partial charge in [-0.1, -0.05) is 18.2 Å². The normalized spacial score (nSPS) is 11.2. The van der Waals surface area contributed by atoms with Gasteiger partial charge >= 0.3 is 0 Å². The lowest BCUT2D eigenvalue weighted by Gasteiger charge is -2.19. The summed E-state index contributed by atoms with van der Waals surface area (Å²) < 4.78 is 0. The molecule has 0 saturated carbocycles. The van der Waals surface area contributed by atoms with Gasteiger partial charge in [-0.2, -0.15) is 0 Å². The zero-order valence-electron chi connectivity index (χ0n) is 11.6. The number of hydrogen-bond donors (Lipinski definition) is 2. The molecular weight excluding hydrogens is 240 g/mol. The highest BCUT2D eigenvalue weighted by Gasteiger charge is 2.03. The number of aliphatic imine (C=N–C) groups is 1. The Kier molecular flexibility index (Phi) is 6.43. The predicted octanol–water partition coefficient (Wildman–Crippen LogP) is 1.07. The zero-order chi connectivity index (χ0) is 14.1. The van der Waals surface area contributed by atoms with Gasteiger partial charge in [-0.05, 0) is 26.0 Å². The first kappa shape index (κ1) is 15.0. The van der Waals surface area contributed by atoms with Crippen LogP contribution >= 0.6 is 0 Å². The summed E-state index contributed by atoms with van der Waals surface area (Å²) >= 11 is 0. The maximum absolute atomic E-state index is 11.7. The Hall–Kier alpha value is -2.04. The van der Waals surface area contributed by atoms with Gasteiger partial charge in [0.2, 0.25) is 0 Å². The second kappa shape index (κ2) is 8.13.